The van der Waals surface area contributed by atoms with Crippen LogP contribution in [0.25, 0.3) is 0 Å². The normalized spacial score (nSPS) is 28.2. The SMILES string of the molecule is CCc1ccc(C2(C)CC(=O)NC2CC)cc1. The minimum Gasteiger partial charge on any atom is -0.352 e. The molecule has 0 saturated carbocycles. The molecule has 0 bridgehead atoms. The Labute approximate surface area is 103 Å². The van der Waals surface area contributed by atoms with Gasteiger partial charge in [0.15, 0.2) is 0 Å². The van der Waals surface area contributed by atoms with Crippen LogP contribution in [0.2, 0.25) is 0 Å². The lowest BCUT2D eigenvalue weighted by molar-refractivity contribution is -0.119. The van der Waals surface area contributed by atoms with E-state index in [0.29, 0.717) is 6.42 Å². The molecule has 0 spiro atoms. The minimum absolute atomic E-state index is 0.0435. The van der Waals surface area contributed by atoms with E-state index in [9.17, 15) is 4.79 Å². The van der Waals surface area contributed by atoms with E-state index in [4.69, 9.17) is 0 Å². The summed E-state index contributed by atoms with van der Waals surface area (Å²) in [5.74, 6) is 0.180. The molecule has 1 heterocycles. The Morgan fingerprint density at radius 2 is 1.94 bits per heavy atom. The summed E-state index contributed by atoms with van der Waals surface area (Å²) in [6.45, 7) is 6.49. The summed E-state index contributed by atoms with van der Waals surface area (Å²) in [7, 11) is 0. The third-order valence-electron chi connectivity index (χ3n) is 4.06. The third-order valence-corrected chi connectivity index (χ3v) is 4.06. The maximum Gasteiger partial charge on any atom is 0.221 e. The summed E-state index contributed by atoms with van der Waals surface area (Å²) < 4.78 is 0. The van der Waals surface area contributed by atoms with E-state index in [1.165, 1.54) is 11.1 Å². The lowest BCUT2D eigenvalue weighted by Gasteiger charge is -2.30. The van der Waals surface area contributed by atoms with Crippen molar-refractivity contribution < 1.29 is 4.79 Å². The first-order valence-corrected chi connectivity index (χ1v) is 6.49. The number of hydrogen-bond acceptors (Lipinski definition) is 1. The Hall–Kier alpha value is -1.31. The van der Waals surface area contributed by atoms with Crippen LogP contribution in [0, 0.1) is 0 Å². The Bertz CT molecular complexity index is 409. The highest BCUT2D eigenvalue weighted by atomic mass is 16.2. The average Bonchev–Trinajstić information content (AvgIpc) is 2.65. The van der Waals surface area contributed by atoms with Crippen LogP contribution in [0.15, 0.2) is 24.3 Å². The van der Waals surface area contributed by atoms with Crippen LogP contribution in [-0.2, 0) is 16.6 Å². The predicted molar refractivity (Wildman–Crippen MR) is 70.0 cm³/mol. The third kappa shape index (κ3) is 2.08. The molecule has 1 N–H and O–H groups in total. The zero-order valence-corrected chi connectivity index (χ0v) is 10.9. The van der Waals surface area contributed by atoms with Crippen molar-refractivity contribution in [2.24, 2.45) is 0 Å². The molecular formula is C15H21NO. The molecule has 0 aromatic heterocycles. The second kappa shape index (κ2) is 4.52. The highest BCUT2D eigenvalue weighted by Crippen LogP contribution is 2.37. The number of hydrogen-bond donors (Lipinski definition) is 1. The minimum atomic E-state index is -0.0435. The van der Waals surface area contributed by atoms with Gasteiger partial charge in [-0.15, -0.1) is 0 Å². The summed E-state index contributed by atoms with van der Waals surface area (Å²) >= 11 is 0. The molecule has 1 fully saturated rings. The van der Waals surface area contributed by atoms with Gasteiger partial charge in [0.05, 0.1) is 0 Å². The van der Waals surface area contributed by atoms with E-state index in [2.05, 4.69) is 50.4 Å². The summed E-state index contributed by atoms with van der Waals surface area (Å²) in [4.78, 5) is 11.6. The van der Waals surface area contributed by atoms with Crippen molar-refractivity contribution in [2.45, 2.75) is 51.5 Å². The maximum absolute atomic E-state index is 11.6. The van der Waals surface area contributed by atoms with Gasteiger partial charge in [-0.3, -0.25) is 4.79 Å². The van der Waals surface area contributed by atoms with Crippen LogP contribution in [0.1, 0.15) is 44.7 Å². The van der Waals surface area contributed by atoms with Gasteiger partial charge < -0.3 is 5.32 Å². The van der Waals surface area contributed by atoms with Gasteiger partial charge in [0, 0.05) is 17.9 Å². The Balaban J connectivity index is 2.32. The number of rotatable bonds is 3. The van der Waals surface area contributed by atoms with Crippen LogP contribution >= 0.6 is 0 Å². The van der Waals surface area contributed by atoms with Crippen LogP contribution < -0.4 is 5.32 Å². The van der Waals surface area contributed by atoms with E-state index >= 15 is 0 Å². The van der Waals surface area contributed by atoms with Crippen molar-refractivity contribution in [3.05, 3.63) is 35.4 Å². The standard InChI is InChI=1S/C15H21NO/c1-4-11-6-8-12(9-7-11)15(3)10-14(17)16-13(15)5-2/h6-9,13H,4-5,10H2,1-3H3,(H,16,17). The van der Waals surface area contributed by atoms with E-state index < -0.39 is 0 Å². The summed E-state index contributed by atoms with van der Waals surface area (Å²) in [5, 5.41) is 3.08. The van der Waals surface area contributed by atoms with Crippen molar-refractivity contribution in [2.75, 3.05) is 0 Å². The molecule has 0 radical (unpaired) electrons. The Kier molecular flexibility index (Phi) is 3.23. The van der Waals surface area contributed by atoms with Crippen molar-refractivity contribution >= 4 is 5.91 Å². The molecule has 2 heteroatoms. The van der Waals surface area contributed by atoms with Crippen LogP contribution in [0.3, 0.4) is 0 Å². The van der Waals surface area contributed by atoms with Gasteiger partial charge in [-0.05, 0) is 24.0 Å². The first-order valence-electron chi connectivity index (χ1n) is 6.49. The first-order chi connectivity index (χ1) is 8.10. The fourth-order valence-corrected chi connectivity index (χ4v) is 2.84. The molecule has 2 unspecified atom stereocenters. The quantitative estimate of drug-likeness (QED) is 0.851. The summed E-state index contributed by atoms with van der Waals surface area (Å²) in [6.07, 6.45) is 2.65. The van der Waals surface area contributed by atoms with Crippen LogP contribution in [0.4, 0.5) is 0 Å². The van der Waals surface area contributed by atoms with Crippen molar-refractivity contribution in [1.29, 1.82) is 0 Å². The Morgan fingerprint density at radius 3 is 2.47 bits per heavy atom. The predicted octanol–water partition coefficient (Wildman–Crippen LogP) is 2.81. The number of benzene rings is 1. The maximum atomic E-state index is 11.6. The molecule has 0 aliphatic carbocycles. The second-order valence-corrected chi connectivity index (χ2v) is 5.17. The van der Waals surface area contributed by atoms with Crippen LogP contribution in [0.5, 0.6) is 0 Å². The first kappa shape index (κ1) is 12.2. The molecule has 2 atom stereocenters. The fraction of sp³-hybridized carbons (Fsp3) is 0.533. The average molecular weight is 231 g/mol. The number of nitrogens with one attached hydrogen (secondary N) is 1. The number of carbonyl (C=O) groups is 1. The van der Waals surface area contributed by atoms with Gasteiger partial charge in [-0.25, -0.2) is 0 Å². The van der Waals surface area contributed by atoms with Gasteiger partial charge in [-0.2, -0.15) is 0 Å². The lowest BCUT2D eigenvalue weighted by Crippen LogP contribution is -2.37. The molecule has 17 heavy (non-hydrogen) atoms. The monoisotopic (exact) mass is 231 g/mol. The highest BCUT2D eigenvalue weighted by Gasteiger charge is 2.43. The molecule has 2 nitrogen and oxygen atoms in total. The molecule has 1 aliphatic rings. The molecule has 1 aliphatic heterocycles. The highest BCUT2D eigenvalue weighted by molar-refractivity contribution is 5.81. The molecule has 1 saturated heterocycles. The molecule has 92 valence electrons. The number of amides is 1. The van der Waals surface area contributed by atoms with Crippen molar-refractivity contribution in [3.8, 4) is 0 Å². The molecular weight excluding hydrogens is 210 g/mol. The smallest absolute Gasteiger partial charge is 0.221 e. The van der Waals surface area contributed by atoms with Gasteiger partial charge >= 0.3 is 0 Å². The second-order valence-electron chi connectivity index (χ2n) is 5.17. The van der Waals surface area contributed by atoms with E-state index in [1.807, 2.05) is 0 Å². The van der Waals surface area contributed by atoms with E-state index in [-0.39, 0.29) is 17.4 Å². The summed E-state index contributed by atoms with van der Waals surface area (Å²) in [6, 6.07) is 8.98. The molecule has 1 amide bonds. The zero-order valence-electron chi connectivity index (χ0n) is 10.9. The summed E-state index contributed by atoms with van der Waals surface area (Å²) in [5.41, 5.74) is 2.58. The molecule has 1 aromatic rings. The largest absolute Gasteiger partial charge is 0.352 e. The lowest BCUT2D eigenvalue weighted by atomic mass is 9.75. The molecule has 2 rings (SSSR count). The van der Waals surface area contributed by atoms with Gasteiger partial charge in [-0.1, -0.05) is 45.0 Å². The topological polar surface area (TPSA) is 29.1 Å². The van der Waals surface area contributed by atoms with Gasteiger partial charge in [0.1, 0.15) is 0 Å². The van der Waals surface area contributed by atoms with E-state index in [1.54, 1.807) is 0 Å². The van der Waals surface area contributed by atoms with Gasteiger partial charge in [0.25, 0.3) is 0 Å². The fourth-order valence-electron chi connectivity index (χ4n) is 2.84. The molecule has 1 aromatic carbocycles. The Morgan fingerprint density at radius 1 is 1.29 bits per heavy atom. The zero-order chi connectivity index (χ0) is 12.5. The van der Waals surface area contributed by atoms with Crippen molar-refractivity contribution in [1.82, 2.24) is 5.32 Å². The van der Waals surface area contributed by atoms with Gasteiger partial charge in [0.2, 0.25) is 5.91 Å². The van der Waals surface area contributed by atoms with Crippen LogP contribution in [-0.4, -0.2) is 11.9 Å². The van der Waals surface area contributed by atoms with Crippen molar-refractivity contribution in [3.63, 3.8) is 0 Å². The number of carbonyl (C=O) groups excluding carboxylic acids is 1. The van der Waals surface area contributed by atoms with E-state index in [0.717, 1.165) is 12.8 Å². The number of aryl methyl sites for hydroxylation is 1.